The van der Waals surface area contributed by atoms with E-state index < -0.39 is 17.9 Å². The summed E-state index contributed by atoms with van der Waals surface area (Å²) in [5, 5.41) is 5.31. The summed E-state index contributed by atoms with van der Waals surface area (Å²) in [6, 6.07) is 13.6. The van der Waals surface area contributed by atoms with E-state index in [0.29, 0.717) is 30.6 Å². The first-order valence-electron chi connectivity index (χ1n) is 10.9. The Labute approximate surface area is 193 Å². The third-order valence-electron chi connectivity index (χ3n) is 5.47. The highest BCUT2D eigenvalue weighted by Gasteiger charge is 2.34. The number of carbonyl (C=O) groups is 4. The van der Waals surface area contributed by atoms with Crippen LogP contribution in [0.1, 0.15) is 41.8 Å². The van der Waals surface area contributed by atoms with Gasteiger partial charge in [0, 0.05) is 30.6 Å². The Morgan fingerprint density at radius 3 is 2.48 bits per heavy atom. The molecule has 1 atom stereocenters. The molecule has 2 aromatic carbocycles. The molecule has 0 aromatic heterocycles. The standard InChI is InChI=1S/C25H29N3O5/c1-16(2)11-22(29)28-15-19-8-5-4-7-17(19)13-21(28)25(32)27-20-10-6-9-18(12-20)24(31)26-14-23(30)33-3/h4-10,12,16,21H,11,13-15H2,1-3H3,(H,26,31)(H,27,32). The average molecular weight is 452 g/mol. The fourth-order valence-corrected chi connectivity index (χ4v) is 3.78. The molecule has 2 N–H and O–H groups in total. The first-order chi connectivity index (χ1) is 15.8. The molecule has 0 radical (unpaired) electrons. The van der Waals surface area contributed by atoms with E-state index in [9.17, 15) is 19.2 Å². The van der Waals surface area contributed by atoms with Crippen molar-refractivity contribution >= 4 is 29.4 Å². The molecule has 8 nitrogen and oxygen atoms in total. The molecule has 1 aliphatic heterocycles. The zero-order chi connectivity index (χ0) is 24.0. The fraction of sp³-hybridized carbons (Fsp3) is 0.360. The van der Waals surface area contributed by atoms with Gasteiger partial charge in [-0.25, -0.2) is 0 Å². The molecule has 1 unspecified atom stereocenters. The van der Waals surface area contributed by atoms with Gasteiger partial charge in [0.25, 0.3) is 5.91 Å². The van der Waals surface area contributed by atoms with Crippen LogP contribution in [0.3, 0.4) is 0 Å². The summed E-state index contributed by atoms with van der Waals surface area (Å²) in [6.45, 7) is 4.08. The summed E-state index contributed by atoms with van der Waals surface area (Å²) in [4.78, 5) is 51.4. The van der Waals surface area contributed by atoms with Crippen LogP contribution < -0.4 is 10.6 Å². The van der Waals surface area contributed by atoms with E-state index in [1.54, 1.807) is 23.1 Å². The van der Waals surface area contributed by atoms with E-state index in [2.05, 4.69) is 15.4 Å². The van der Waals surface area contributed by atoms with E-state index in [4.69, 9.17) is 0 Å². The number of nitrogens with zero attached hydrogens (tertiary/aromatic N) is 1. The number of benzene rings is 2. The quantitative estimate of drug-likeness (QED) is 0.630. The van der Waals surface area contributed by atoms with E-state index >= 15 is 0 Å². The van der Waals surface area contributed by atoms with Crippen LogP contribution in [-0.2, 0) is 32.1 Å². The summed E-state index contributed by atoms with van der Waals surface area (Å²) < 4.78 is 4.52. The highest BCUT2D eigenvalue weighted by molar-refractivity contribution is 6.00. The molecule has 3 rings (SSSR count). The van der Waals surface area contributed by atoms with Crippen molar-refractivity contribution in [3.63, 3.8) is 0 Å². The smallest absolute Gasteiger partial charge is 0.325 e. The minimum Gasteiger partial charge on any atom is -0.468 e. The molecule has 0 saturated carbocycles. The monoisotopic (exact) mass is 451 g/mol. The molecule has 0 bridgehead atoms. The largest absolute Gasteiger partial charge is 0.468 e. The number of hydrogen-bond donors (Lipinski definition) is 2. The highest BCUT2D eigenvalue weighted by atomic mass is 16.5. The van der Waals surface area contributed by atoms with E-state index in [1.165, 1.54) is 13.2 Å². The molecule has 1 heterocycles. The highest BCUT2D eigenvalue weighted by Crippen LogP contribution is 2.26. The molecular weight excluding hydrogens is 422 g/mol. The third kappa shape index (κ3) is 6.19. The van der Waals surface area contributed by atoms with Crippen LogP contribution >= 0.6 is 0 Å². The van der Waals surface area contributed by atoms with Gasteiger partial charge in [0.1, 0.15) is 12.6 Å². The van der Waals surface area contributed by atoms with Crippen molar-refractivity contribution in [2.24, 2.45) is 5.92 Å². The van der Waals surface area contributed by atoms with Crippen molar-refractivity contribution in [1.82, 2.24) is 10.2 Å². The van der Waals surface area contributed by atoms with Crippen LogP contribution in [0.15, 0.2) is 48.5 Å². The summed E-state index contributed by atoms with van der Waals surface area (Å²) in [5.74, 6) is -1.21. The molecule has 1 aliphatic rings. The maximum absolute atomic E-state index is 13.2. The lowest BCUT2D eigenvalue weighted by atomic mass is 9.92. The van der Waals surface area contributed by atoms with Gasteiger partial charge in [0.05, 0.1) is 7.11 Å². The molecule has 2 aromatic rings. The van der Waals surface area contributed by atoms with Gasteiger partial charge < -0.3 is 20.3 Å². The molecule has 3 amide bonds. The summed E-state index contributed by atoms with van der Waals surface area (Å²) in [6.07, 6.45) is 0.785. The van der Waals surface area contributed by atoms with Crippen molar-refractivity contribution in [3.05, 3.63) is 65.2 Å². The maximum Gasteiger partial charge on any atom is 0.325 e. The average Bonchev–Trinajstić information content (AvgIpc) is 2.81. The second-order valence-electron chi connectivity index (χ2n) is 8.44. The van der Waals surface area contributed by atoms with Crippen LogP contribution in [0.4, 0.5) is 5.69 Å². The predicted octanol–water partition coefficient (Wildman–Crippen LogP) is 2.53. The Balaban J connectivity index is 1.76. The zero-order valence-corrected chi connectivity index (χ0v) is 19.1. The number of carbonyl (C=O) groups excluding carboxylic acids is 4. The normalized spacial score (nSPS) is 14.9. The zero-order valence-electron chi connectivity index (χ0n) is 19.1. The van der Waals surface area contributed by atoms with Gasteiger partial charge in [-0.1, -0.05) is 44.2 Å². The molecular formula is C25H29N3O5. The number of ether oxygens (including phenoxy) is 1. The molecule has 0 fully saturated rings. The molecule has 0 saturated heterocycles. The Morgan fingerprint density at radius 1 is 1.06 bits per heavy atom. The second-order valence-corrected chi connectivity index (χ2v) is 8.44. The third-order valence-corrected chi connectivity index (χ3v) is 5.47. The summed E-state index contributed by atoms with van der Waals surface area (Å²) in [5.41, 5.74) is 2.81. The minimum atomic E-state index is -0.650. The lowest BCUT2D eigenvalue weighted by Crippen LogP contribution is -2.50. The van der Waals surface area contributed by atoms with Gasteiger partial charge in [-0.15, -0.1) is 0 Å². The number of esters is 1. The van der Waals surface area contributed by atoms with Crippen molar-refractivity contribution in [1.29, 1.82) is 0 Å². The topological polar surface area (TPSA) is 105 Å². The molecule has 0 spiro atoms. The van der Waals surface area contributed by atoms with Crippen LogP contribution in [0.25, 0.3) is 0 Å². The first-order valence-corrected chi connectivity index (χ1v) is 10.9. The van der Waals surface area contributed by atoms with Crippen LogP contribution in [0.2, 0.25) is 0 Å². The van der Waals surface area contributed by atoms with E-state index in [0.717, 1.165) is 11.1 Å². The number of amides is 3. The van der Waals surface area contributed by atoms with Crippen molar-refractivity contribution in [3.8, 4) is 0 Å². The number of anilines is 1. The lowest BCUT2D eigenvalue weighted by molar-refractivity contribution is -0.140. The SMILES string of the molecule is COC(=O)CNC(=O)c1cccc(NC(=O)C2Cc3ccccc3CN2C(=O)CC(C)C)c1. The van der Waals surface area contributed by atoms with E-state index in [1.807, 2.05) is 38.1 Å². The minimum absolute atomic E-state index is 0.0596. The van der Waals surface area contributed by atoms with Crippen LogP contribution in [0.5, 0.6) is 0 Å². The number of hydrogen-bond acceptors (Lipinski definition) is 5. The van der Waals surface area contributed by atoms with Gasteiger partial charge in [0.15, 0.2) is 0 Å². The van der Waals surface area contributed by atoms with Gasteiger partial charge >= 0.3 is 5.97 Å². The van der Waals surface area contributed by atoms with Gasteiger partial charge in [-0.05, 0) is 35.2 Å². The van der Waals surface area contributed by atoms with Crippen molar-refractivity contribution in [2.45, 2.75) is 39.3 Å². The van der Waals surface area contributed by atoms with Gasteiger partial charge in [-0.3, -0.25) is 19.2 Å². The van der Waals surface area contributed by atoms with Gasteiger partial charge in [0.2, 0.25) is 11.8 Å². The lowest BCUT2D eigenvalue weighted by Gasteiger charge is -2.36. The molecule has 174 valence electrons. The number of rotatable bonds is 7. The number of fused-ring (bicyclic) bond motifs is 1. The van der Waals surface area contributed by atoms with Crippen LogP contribution in [-0.4, -0.2) is 48.3 Å². The fourth-order valence-electron chi connectivity index (χ4n) is 3.78. The Hall–Kier alpha value is -3.68. The number of nitrogens with one attached hydrogen (secondary N) is 2. The second kappa shape index (κ2) is 10.8. The maximum atomic E-state index is 13.2. The molecule has 8 heteroatoms. The Kier molecular flexibility index (Phi) is 7.82. The predicted molar refractivity (Wildman–Crippen MR) is 123 cm³/mol. The Morgan fingerprint density at radius 2 is 1.79 bits per heavy atom. The van der Waals surface area contributed by atoms with Crippen molar-refractivity contribution in [2.75, 3.05) is 19.0 Å². The molecule has 33 heavy (non-hydrogen) atoms. The van der Waals surface area contributed by atoms with Gasteiger partial charge in [-0.2, -0.15) is 0 Å². The van der Waals surface area contributed by atoms with E-state index in [-0.39, 0.29) is 24.3 Å². The van der Waals surface area contributed by atoms with Crippen molar-refractivity contribution < 1.29 is 23.9 Å². The number of methoxy groups -OCH3 is 1. The first kappa shape index (κ1) is 24.0. The molecule has 0 aliphatic carbocycles. The van der Waals surface area contributed by atoms with Crippen LogP contribution in [0, 0.1) is 5.92 Å². The Bertz CT molecular complexity index is 1050. The summed E-state index contributed by atoms with van der Waals surface area (Å²) in [7, 11) is 1.24. The summed E-state index contributed by atoms with van der Waals surface area (Å²) >= 11 is 0.